The predicted molar refractivity (Wildman–Crippen MR) is 115 cm³/mol. The molecule has 0 fully saturated rings. The molecule has 5 nitrogen and oxygen atoms in total. The van der Waals surface area contributed by atoms with Crippen LogP contribution in [0.1, 0.15) is 37.0 Å². The smallest absolute Gasteiger partial charge is 0.223 e. The second-order valence-electron chi connectivity index (χ2n) is 7.36. The van der Waals surface area contributed by atoms with Crippen molar-refractivity contribution in [3.8, 4) is 11.5 Å². The fraction of sp³-hybridized carbons (Fsp3) is 0.375. The fourth-order valence-corrected chi connectivity index (χ4v) is 4.05. The average Bonchev–Trinajstić information content (AvgIpc) is 3.15. The van der Waals surface area contributed by atoms with E-state index >= 15 is 0 Å². The second kappa shape index (κ2) is 8.60. The molecule has 0 atom stereocenters. The van der Waals surface area contributed by atoms with Crippen LogP contribution in [-0.4, -0.2) is 35.5 Å². The molecule has 0 saturated heterocycles. The Labute approximate surface area is 171 Å². The Bertz CT molecular complexity index is 1010. The van der Waals surface area contributed by atoms with Crippen LogP contribution in [0.5, 0.6) is 11.5 Å². The minimum Gasteiger partial charge on any atom is -0.490 e. The molecule has 4 rings (SSSR count). The van der Waals surface area contributed by atoms with Crippen molar-refractivity contribution in [3.05, 3.63) is 59.3 Å². The number of fused-ring (bicyclic) bond motifs is 2. The number of aryl methyl sites for hydroxylation is 1. The molecule has 152 valence electrons. The van der Waals surface area contributed by atoms with Gasteiger partial charge in [0.1, 0.15) is 0 Å². The number of carbonyl (C=O) groups is 1. The van der Waals surface area contributed by atoms with Gasteiger partial charge in [-0.1, -0.05) is 18.2 Å². The molecule has 29 heavy (non-hydrogen) atoms. The van der Waals surface area contributed by atoms with Crippen molar-refractivity contribution in [2.45, 2.75) is 39.7 Å². The van der Waals surface area contributed by atoms with Crippen molar-refractivity contribution in [2.75, 3.05) is 19.8 Å². The van der Waals surface area contributed by atoms with Crippen molar-refractivity contribution in [2.24, 2.45) is 0 Å². The SMILES string of the molecule is CCOc1cc2c(cc1OCC)CN(C(=O)CCc1c[nH]c3ccccc13)CC2. The summed E-state index contributed by atoms with van der Waals surface area (Å²) in [5.74, 6) is 1.76. The highest BCUT2D eigenvalue weighted by Crippen LogP contribution is 2.34. The van der Waals surface area contributed by atoms with E-state index in [4.69, 9.17) is 9.47 Å². The number of para-hydroxylation sites is 1. The van der Waals surface area contributed by atoms with Crippen molar-refractivity contribution < 1.29 is 14.3 Å². The lowest BCUT2D eigenvalue weighted by atomic mass is 9.98. The highest BCUT2D eigenvalue weighted by Gasteiger charge is 2.23. The number of benzene rings is 2. The maximum Gasteiger partial charge on any atom is 0.223 e. The van der Waals surface area contributed by atoms with Crippen LogP contribution in [0.2, 0.25) is 0 Å². The van der Waals surface area contributed by atoms with Gasteiger partial charge in [0, 0.05) is 36.6 Å². The summed E-state index contributed by atoms with van der Waals surface area (Å²) in [5.41, 5.74) is 4.72. The Morgan fingerprint density at radius 3 is 2.55 bits per heavy atom. The summed E-state index contributed by atoms with van der Waals surface area (Å²) in [6.45, 7) is 6.52. The molecule has 1 aliphatic rings. The quantitative estimate of drug-likeness (QED) is 0.645. The van der Waals surface area contributed by atoms with Crippen LogP contribution < -0.4 is 9.47 Å². The third kappa shape index (κ3) is 4.09. The first-order valence-electron chi connectivity index (χ1n) is 10.4. The molecule has 2 heterocycles. The Morgan fingerprint density at radius 2 is 1.79 bits per heavy atom. The van der Waals surface area contributed by atoms with E-state index in [-0.39, 0.29) is 5.91 Å². The van der Waals surface area contributed by atoms with Crippen LogP contribution in [-0.2, 0) is 24.2 Å². The Hall–Kier alpha value is -2.95. The Kier molecular flexibility index (Phi) is 5.74. The lowest BCUT2D eigenvalue weighted by Crippen LogP contribution is -2.36. The number of aromatic amines is 1. The lowest BCUT2D eigenvalue weighted by Gasteiger charge is -2.30. The molecule has 0 radical (unpaired) electrons. The number of ether oxygens (including phenoxy) is 2. The molecule has 2 aromatic carbocycles. The minimum absolute atomic E-state index is 0.202. The molecule has 0 aliphatic carbocycles. The molecule has 5 heteroatoms. The molecule has 1 N–H and O–H groups in total. The van der Waals surface area contributed by atoms with Crippen molar-refractivity contribution in [1.29, 1.82) is 0 Å². The third-order valence-corrected chi connectivity index (χ3v) is 5.51. The van der Waals surface area contributed by atoms with Gasteiger partial charge in [0.2, 0.25) is 5.91 Å². The molecule has 0 saturated carbocycles. The van der Waals surface area contributed by atoms with E-state index in [9.17, 15) is 4.79 Å². The van der Waals surface area contributed by atoms with Gasteiger partial charge >= 0.3 is 0 Å². The number of nitrogens with zero attached hydrogens (tertiary/aromatic N) is 1. The van der Waals surface area contributed by atoms with Crippen molar-refractivity contribution in [1.82, 2.24) is 9.88 Å². The molecule has 3 aromatic rings. The first-order valence-corrected chi connectivity index (χ1v) is 10.4. The van der Waals surface area contributed by atoms with Crippen LogP contribution in [0.25, 0.3) is 10.9 Å². The van der Waals surface area contributed by atoms with Gasteiger partial charge in [-0.25, -0.2) is 0 Å². The molecular formula is C24H28N2O3. The average molecular weight is 392 g/mol. The number of carbonyl (C=O) groups excluding carboxylic acids is 1. The normalized spacial score (nSPS) is 13.4. The highest BCUT2D eigenvalue weighted by molar-refractivity contribution is 5.84. The zero-order valence-corrected chi connectivity index (χ0v) is 17.2. The van der Waals surface area contributed by atoms with Crippen LogP contribution in [0.15, 0.2) is 42.6 Å². The Morgan fingerprint density at radius 1 is 1.07 bits per heavy atom. The van der Waals surface area contributed by atoms with E-state index in [0.717, 1.165) is 42.0 Å². The molecule has 1 amide bonds. The van der Waals surface area contributed by atoms with Crippen LogP contribution in [0.3, 0.4) is 0 Å². The highest BCUT2D eigenvalue weighted by atomic mass is 16.5. The maximum absolute atomic E-state index is 12.9. The van der Waals surface area contributed by atoms with Gasteiger partial charge in [-0.05, 0) is 61.6 Å². The molecule has 1 aliphatic heterocycles. The lowest BCUT2D eigenvalue weighted by molar-refractivity contribution is -0.132. The number of rotatable bonds is 7. The van der Waals surface area contributed by atoms with E-state index in [2.05, 4.69) is 23.2 Å². The van der Waals surface area contributed by atoms with E-state index < -0.39 is 0 Å². The summed E-state index contributed by atoms with van der Waals surface area (Å²) < 4.78 is 11.5. The number of hydrogen-bond acceptors (Lipinski definition) is 3. The summed E-state index contributed by atoms with van der Waals surface area (Å²) in [6, 6.07) is 12.4. The molecular weight excluding hydrogens is 364 g/mol. The van der Waals surface area contributed by atoms with E-state index in [1.54, 1.807) is 0 Å². The molecule has 0 unspecified atom stereocenters. The largest absolute Gasteiger partial charge is 0.490 e. The minimum atomic E-state index is 0.202. The number of H-pyrrole nitrogens is 1. The summed E-state index contributed by atoms with van der Waals surface area (Å²) in [7, 11) is 0. The summed E-state index contributed by atoms with van der Waals surface area (Å²) in [5, 5.41) is 1.20. The summed E-state index contributed by atoms with van der Waals surface area (Å²) in [6.07, 6.45) is 4.14. The molecule has 1 aromatic heterocycles. The van der Waals surface area contributed by atoms with Crippen molar-refractivity contribution >= 4 is 16.8 Å². The van der Waals surface area contributed by atoms with Gasteiger partial charge in [0.25, 0.3) is 0 Å². The first kappa shape index (κ1) is 19.4. The topological polar surface area (TPSA) is 54.6 Å². The van der Waals surface area contributed by atoms with Crippen LogP contribution >= 0.6 is 0 Å². The summed E-state index contributed by atoms with van der Waals surface area (Å²) >= 11 is 0. The van der Waals surface area contributed by atoms with Gasteiger partial charge < -0.3 is 19.4 Å². The van der Waals surface area contributed by atoms with Crippen LogP contribution in [0, 0.1) is 0 Å². The van der Waals surface area contributed by atoms with E-state index in [1.807, 2.05) is 43.1 Å². The molecule has 0 bridgehead atoms. The van der Waals surface area contributed by atoms with Crippen molar-refractivity contribution in [3.63, 3.8) is 0 Å². The van der Waals surface area contributed by atoms with Gasteiger partial charge in [-0.2, -0.15) is 0 Å². The van der Waals surface area contributed by atoms with Gasteiger partial charge in [0.15, 0.2) is 11.5 Å². The Balaban J connectivity index is 1.44. The standard InChI is InChI=1S/C24H28N2O3/c1-3-28-22-13-17-11-12-26(16-19(17)14-23(22)29-4-2)24(27)10-9-18-15-25-21-8-6-5-7-20(18)21/h5-8,13-15,25H,3-4,9-12,16H2,1-2H3. The zero-order valence-electron chi connectivity index (χ0n) is 17.2. The van der Waals surface area contributed by atoms with E-state index in [0.29, 0.717) is 26.2 Å². The zero-order chi connectivity index (χ0) is 20.2. The van der Waals surface area contributed by atoms with Crippen LogP contribution in [0.4, 0.5) is 0 Å². The number of nitrogens with one attached hydrogen (secondary N) is 1. The third-order valence-electron chi connectivity index (χ3n) is 5.51. The number of amides is 1. The first-order chi connectivity index (χ1) is 14.2. The summed E-state index contributed by atoms with van der Waals surface area (Å²) in [4.78, 5) is 18.1. The maximum atomic E-state index is 12.9. The van der Waals surface area contributed by atoms with Gasteiger partial charge in [-0.3, -0.25) is 4.79 Å². The monoisotopic (exact) mass is 392 g/mol. The van der Waals surface area contributed by atoms with Gasteiger partial charge in [-0.15, -0.1) is 0 Å². The number of hydrogen-bond donors (Lipinski definition) is 1. The second-order valence-corrected chi connectivity index (χ2v) is 7.36. The fourth-order valence-electron chi connectivity index (χ4n) is 4.05. The molecule has 0 spiro atoms. The van der Waals surface area contributed by atoms with Gasteiger partial charge in [0.05, 0.1) is 13.2 Å². The number of aromatic nitrogens is 1. The predicted octanol–water partition coefficient (Wildman–Crippen LogP) is 4.48. The van der Waals surface area contributed by atoms with E-state index in [1.165, 1.54) is 16.5 Å².